The van der Waals surface area contributed by atoms with E-state index in [2.05, 4.69) is 45.0 Å². The molecule has 2 aliphatic rings. The zero-order valence-electron chi connectivity index (χ0n) is 16.7. The Hall–Kier alpha value is -1.06. The van der Waals surface area contributed by atoms with Crippen LogP contribution in [0.2, 0.25) is 0 Å². The lowest BCUT2D eigenvalue weighted by Crippen LogP contribution is -2.45. The first-order valence-corrected chi connectivity index (χ1v) is 11.7. The van der Waals surface area contributed by atoms with Crippen molar-refractivity contribution in [2.45, 2.75) is 27.7 Å². The molecule has 0 saturated carbocycles. The van der Waals surface area contributed by atoms with Crippen molar-refractivity contribution in [1.29, 1.82) is 0 Å². The molecule has 0 aromatic heterocycles. The highest BCUT2D eigenvalue weighted by atomic mass is 31.2. The third-order valence-electron chi connectivity index (χ3n) is 4.98. The van der Waals surface area contributed by atoms with Crippen LogP contribution in [0.15, 0.2) is 36.4 Å². The summed E-state index contributed by atoms with van der Waals surface area (Å²) in [5, 5.41) is 1.15. The molecule has 0 aliphatic carbocycles. The predicted octanol–water partition coefficient (Wildman–Crippen LogP) is 5.24. The molecule has 0 N–H and O–H groups in total. The Kier molecular flexibility index (Phi) is 6.04. The summed E-state index contributed by atoms with van der Waals surface area (Å²) in [6.45, 7) is 10.5. The molecule has 28 heavy (non-hydrogen) atoms. The third kappa shape index (κ3) is 4.41. The zero-order valence-corrected chi connectivity index (χ0v) is 18.5. The Morgan fingerprint density at radius 3 is 1.93 bits per heavy atom. The first kappa shape index (κ1) is 20.2. The van der Waals surface area contributed by atoms with E-state index in [1.807, 2.05) is 19.1 Å². The summed E-state index contributed by atoms with van der Waals surface area (Å²) in [6.07, 6.45) is 0. The van der Waals surface area contributed by atoms with Gasteiger partial charge < -0.3 is 22.6 Å². The Morgan fingerprint density at radius 1 is 0.750 bits per heavy atom. The second kappa shape index (κ2) is 8.36. The highest BCUT2D eigenvalue weighted by Crippen LogP contribution is 2.52. The fourth-order valence-electron chi connectivity index (χ4n) is 3.28. The van der Waals surface area contributed by atoms with Crippen molar-refractivity contribution in [3.8, 4) is 5.75 Å². The van der Waals surface area contributed by atoms with Crippen molar-refractivity contribution in [2.24, 2.45) is 5.41 Å². The summed E-state index contributed by atoms with van der Waals surface area (Å²) in [5.74, 6) is 0.808. The first-order valence-electron chi connectivity index (χ1n) is 9.39. The molecule has 2 aromatic carbocycles. The van der Waals surface area contributed by atoms with Gasteiger partial charge in [-0.3, -0.25) is 0 Å². The average molecular weight is 420 g/mol. The molecule has 2 heterocycles. The van der Waals surface area contributed by atoms with Gasteiger partial charge in [-0.15, -0.1) is 0 Å². The molecule has 150 valence electrons. The SMILES string of the molecule is Cc1ccc(OP2OCC3(CO2)COP(c2ccc(C)cc2C)OC3)c(C)c1. The van der Waals surface area contributed by atoms with Gasteiger partial charge in [0.15, 0.2) is 0 Å². The molecule has 2 fully saturated rings. The number of rotatable bonds is 3. The van der Waals surface area contributed by atoms with Crippen molar-refractivity contribution >= 4 is 22.3 Å². The lowest BCUT2D eigenvalue weighted by atomic mass is 9.93. The van der Waals surface area contributed by atoms with Crippen LogP contribution in [0.4, 0.5) is 0 Å². The van der Waals surface area contributed by atoms with E-state index in [0.29, 0.717) is 26.4 Å². The lowest BCUT2D eigenvalue weighted by Gasteiger charge is -2.42. The van der Waals surface area contributed by atoms with E-state index in [0.717, 1.165) is 16.6 Å². The van der Waals surface area contributed by atoms with Gasteiger partial charge in [0.25, 0.3) is 0 Å². The van der Waals surface area contributed by atoms with Gasteiger partial charge >= 0.3 is 8.60 Å². The van der Waals surface area contributed by atoms with Crippen molar-refractivity contribution in [1.82, 2.24) is 0 Å². The van der Waals surface area contributed by atoms with Crippen LogP contribution in [0.25, 0.3) is 0 Å². The van der Waals surface area contributed by atoms with E-state index in [9.17, 15) is 0 Å². The van der Waals surface area contributed by atoms with Crippen molar-refractivity contribution < 1.29 is 22.6 Å². The van der Waals surface area contributed by atoms with E-state index in [1.54, 1.807) is 0 Å². The summed E-state index contributed by atoms with van der Waals surface area (Å²) in [6, 6.07) is 12.5. The van der Waals surface area contributed by atoms with E-state index in [1.165, 1.54) is 16.7 Å². The molecule has 0 atom stereocenters. The summed E-state index contributed by atoms with van der Waals surface area (Å²) in [5.41, 5.74) is 4.49. The number of hydrogen-bond acceptors (Lipinski definition) is 5. The fourth-order valence-corrected chi connectivity index (χ4v) is 6.27. The van der Waals surface area contributed by atoms with Crippen molar-refractivity contribution in [3.63, 3.8) is 0 Å². The van der Waals surface area contributed by atoms with E-state index in [-0.39, 0.29) is 5.41 Å². The van der Waals surface area contributed by atoms with Gasteiger partial charge in [0.1, 0.15) is 5.75 Å². The molecule has 1 spiro atoms. The van der Waals surface area contributed by atoms with Crippen LogP contribution in [0.3, 0.4) is 0 Å². The van der Waals surface area contributed by atoms with E-state index >= 15 is 0 Å². The maximum atomic E-state index is 6.11. The molecule has 0 amide bonds. The fraction of sp³-hybridized carbons (Fsp3) is 0.429. The second-order valence-electron chi connectivity index (χ2n) is 7.72. The van der Waals surface area contributed by atoms with Gasteiger partial charge in [-0.2, -0.15) is 0 Å². The van der Waals surface area contributed by atoms with Crippen LogP contribution in [0.1, 0.15) is 22.3 Å². The molecule has 2 aliphatic heterocycles. The van der Waals surface area contributed by atoms with Gasteiger partial charge in [0, 0.05) is 5.30 Å². The number of hydrogen-bond donors (Lipinski definition) is 0. The largest absolute Gasteiger partial charge is 0.426 e. The van der Waals surface area contributed by atoms with Crippen molar-refractivity contribution in [2.75, 3.05) is 26.4 Å². The highest BCUT2D eigenvalue weighted by molar-refractivity contribution is 7.56. The molecule has 2 aromatic rings. The minimum atomic E-state index is -1.39. The Balaban J connectivity index is 1.32. The van der Waals surface area contributed by atoms with E-state index in [4.69, 9.17) is 22.6 Å². The Labute approximate surface area is 169 Å². The monoisotopic (exact) mass is 420 g/mol. The molecule has 7 heteroatoms. The van der Waals surface area contributed by atoms with Crippen molar-refractivity contribution in [3.05, 3.63) is 58.7 Å². The Bertz CT molecular complexity index is 839. The van der Waals surface area contributed by atoms with Gasteiger partial charge in [-0.25, -0.2) is 0 Å². The Morgan fingerprint density at radius 2 is 1.32 bits per heavy atom. The van der Waals surface area contributed by atoms with Gasteiger partial charge in [0.2, 0.25) is 8.38 Å². The van der Waals surface area contributed by atoms with Crippen LogP contribution < -0.4 is 9.83 Å². The quantitative estimate of drug-likeness (QED) is 0.636. The maximum absolute atomic E-state index is 6.11. The third-order valence-corrected chi connectivity index (χ3v) is 7.63. The summed E-state index contributed by atoms with van der Waals surface area (Å²) in [7, 11) is -2.44. The standard InChI is InChI=1S/C21H26O5P2/c1-15-5-7-19(17(3)9-15)26-28-24-13-21(14-25-28)11-22-27(23-12-21)20-8-6-16(2)10-18(20)4/h5-10H,11-14H2,1-4H3. The normalized spacial score (nSPS) is 27.7. The van der Waals surface area contributed by atoms with Gasteiger partial charge in [0.05, 0.1) is 31.8 Å². The molecule has 0 unspecified atom stereocenters. The van der Waals surface area contributed by atoms with E-state index < -0.39 is 17.0 Å². The maximum Gasteiger partial charge on any atom is 0.397 e. The van der Waals surface area contributed by atoms with Gasteiger partial charge in [-0.1, -0.05) is 35.4 Å². The number of aryl methyl sites for hydroxylation is 4. The summed E-state index contributed by atoms with van der Waals surface area (Å²) < 4.78 is 30.0. The summed E-state index contributed by atoms with van der Waals surface area (Å²) >= 11 is 0. The van der Waals surface area contributed by atoms with Crippen LogP contribution in [-0.4, -0.2) is 26.4 Å². The molecule has 0 radical (unpaired) electrons. The molecular formula is C21H26O5P2. The van der Waals surface area contributed by atoms with Crippen LogP contribution >= 0.6 is 17.0 Å². The first-order chi connectivity index (χ1) is 13.4. The minimum absolute atomic E-state index is 0.262. The molecule has 2 saturated heterocycles. The molecule has 5 nitrogen and oxygen atoms in total. The molecule has 0 bridgehead atoms. The number of benzene rings is 2. The second-order valence-corrected chi connectivity index (χ2v) is 10.4. The van der Waals surface area contributed by atoms with Crippen LogP contribution in [0, 0.1) is 33.1 Å². The average Bonchev–Trinajstić information content (AvgIpc) is 2.67. The van der Waals surface area contributed by atoms with Crippen LogP contribution in [0.5, 0.6) is 5.75 Å². The smallest absolute Gasteiger partial charge is 0.397 e. The topological polar surface area (TPSA) is 46.2 Å². The van der Waals surface area contributed by atoms with Crippen LogP contribution in [-0.2, 0) is 18.1 Å². The minimum Gasteiger partial charge on any atom is -0.426 e. The lowest BCUT2D eigenvalue weighted by molar-refractivity contribution is -0.0590. The zero-order chi connectivity index (χ0) is 19.7. The molecular weight excluding hydrogens is 394 g/mol. The highest BCUT2D eigenvalue weighted by Gasteiger charge is 2.44. The van der Waals surface area contributed by atoms with Gasteiger partial charge in [-0.05, 0) is 51.0 Å². The predicted molar refractivity (Wildman–Crippen MR) is 112 cm³/mol. The summed E-state index contributed by atoms with van der Waals surface area (Å²) in [4.78, 5) is 0. The molecule has 4 rings (SSSR count).